The van der Waals surface area contributed by atoms with E-state index in [1.807, 2.05) is 0 Å². The van der Waals surface area contributed by atoms with E-state index in [0.29, 0.717) is 12.1 Å². The first-order valence-corrected chi connectivity index (χ1v) is 5.53. The summed E-state index contributed by atoms with van der Waals surface area (Å²) in [6, 6.07) is 3.97. The molecule has 0 radical (unpaired) electrons. The minimum Gasteiger partial charge on any atom is -0.308 e. The summed E-state index contributed by atoms with van der Waals surface area (Å²) in [6.07, 6.45) is 0.947. The van der Waals surface area contributed by atoms with Crippen molar-refractivity contribution in [3.8, 4) is 0 Å². The molecule has 4 nitrogen and oxygen atoms in total. The Morgan fingerprint density at radius 3 is 2.59 bits per heavy atom. The van der Waals surface area contributed by atoms with Gasteiger partial charge < -0.3 is 5.32 Å². The molecule has 0 spiro atoms. The molecule has 17 heavy (non-hydrogen) atoms. The summed E-state index contributed by atoms with van der Waals surface area (Å²) < 4.78 is 13.3. The summed E-state index contributed by atoms with van der Waals surface area (Å²) in [7, 11) is 0. The minimum absolute atomic E-state index is 0.0295. The van der Waals surface area contributed by atoms with Gasteiger partial charge >= 0.3 is 5.69 Å². The zero-order chi connectivity index (χ0) is 13.1. The fourth-order valence-corrected chi connectivity index (χ4v) is 1.27. The number of halogens is 1. The molecule has 0 saturated heterocycles. The standard InChI is InChI=1S/C12H17FN2O2/c1-4-12(2,3)14-8-9-5-6-11(15(16)17)10(13)7-9/h5-7,14H,4,8H2,1-3H3. The largest absolute Gasteiger partial charge is 0.308 e. The van der Waals surface area contributed by atoms with Crippen LogP contribution in [0.25, 0.3) is 0 Å². The Labute approximate surface area is 100.0 Å². The van der Waals surface area contributed by atoms with Crippen molar-refractivity contribution in [2.24, 2.45) is 0 Å². The lowest BCUT2D eigenvalue weighted by Crippen LogP contribution is -2.37. The van der Waals surface area contributed by atoms with E-state index >= 15 is 0 Å². The molecule has 0 heterocycles. The number of rotatable bonds is 5. The molecule has 0 unspecified atom stereocenters. The van der Waals surface area contributed by atoms with Gasteiger partial charge in [0, 0.05) is 18.2 Å². The summed E-state index contributed by atoms with van der Waals surface area (Å²) in [5.74, 6) is -0.788. The Hall–Kier alpha value is -1.49. The van der Waals surface area contributed by atoms with Gasteiger partial charge in [-0.05, 0) is 31.9 Å². The Morgan fingerprint density at radius 1 is 1.47 bits per heavy atom. The third-order valence-corrected chi connectivity index (χ3v) is 2.86. The number of nitrogens with one attached hydrogen (secondary N) is 1. The predicted octanol–water partition coefficient (Wildman–Crippen LogP) is 3.01. The van der Waals surface area contributed by atoms with Gasteiger partial charge in [0.1, 0.15) is 0 Å². The fourth-order valence-electron chi connectivity index (χ4n) is 1.27. The summed E-state index contributed by atoms with van der Waals surface area (Å²) in [4.78, 5) is 9.73. The van der Waals surface area contributed by atoms with Crippen LogP contribution in [-0.4, -0.2) is 10.5 Å². The van der Waals surface area contributed by atoms with Crippen LogP contribution in [-0.2, 0) is 6.54 Å². The molecule has 0 aliphatic heterocycles. The average molecular weight is 240 g/mol. The highest BCUT2D eigenvalue weighted by atomic mass is 19.1. The van der Waals surface area contributed by atoms with Crippen molar-refractivity contribution < 1.29 is 9.31 Å². The lowest BCUT2D eigenvalue weighted by molar-refractivity contribution is -0.387. The molecule has 0 bridgehead atoms. The molecule has 0 amide bonds. The van der Waals surface area contributed by atoms with E-state index in [1.165, 1.54) is 12.1 Å². The lowest BCUT2D eigenvalue weighted by atomic mass is 10.0. The normalized spacial score (nSPS) is 11.5. The van der Waals surface area contributed by atoms with E-state index in [1.54, 1.807) is 6.07 Å². The van der Waals surface area contributed by atoms with E-state index < -0.39 is 16.4 Å². The van der Waals surface area contributed by atoms with Gasteiger partial charge in [-0.3, -0.25) is 10.1 Å². The lowest BCUT2D eigenvalue weighted by Gasteiger charge is -2.24. The number of hydrogen-bond donors (Lipinski definition) is 1. The van der Waals surface area contributed by atoms with Crippen molar-refractivity contribution in [3.05, 3.63) is 39.7 Å². The van der Waals surface area contributed by atoms with Crippen LogP contribution >= 0.6 is 0 Å². The maximum Gasteiger partial charge on any atom is 0.304 e. The zero-order valence-electron chi connectivity index (χ0n) is 10.3. The Bertz CT molecular complexity index is 419. The van der Waals surface area contributed by atoms with Gasteiger partial charge in [-0.25, -0.2) is 0 Å². The number of nitrogens with zero attached hydrogens (tertiary/aromatic N) is 1. The molecule has 5 heteroatoms. The van der Waals surface area contributed by atoms with Gasteiger partial charge in [-0.1, -0.05) is 13.0 Å². The summed E-state index contributed by atoms with van der Waals surface area (Å²) in [5, 5.41) is 13.7. The summed E-state index contributed by atoms with van der Waals surface area (Å²) >= 11 is 0. The van der Waals surface area contributed by atoms with Gasteiger partial charge in [0.2, 0.25) is 5.82 Å². The third kappa shape index (κ3) is 3.78. The highest BCUT2D eigenvalue weighted by molar-refractivity contribution is 5.34. The van der Waals surface area contributed by atoms with Crippen LogP contribution in [0.2, 0.25) is 0 Å². The number of nitro benzene ring substituents is 1. The summed E-state index contributed by atoms with van der Waals surface area (Å²) in [6.45, 7) is 6.66. The highest BCUT2D eigenvalue weighted by Crippen LogP contribution is 2.18. The van der Waals surface area contributed by atoms with Gasteiger partial charge in [0.05, 0.1) is 4.92 Å². The average Bonchev–Trinajstić information content (AvgIpc) is 2.26. The van der Waals surface area contributed by atoms with Crippen molar-refractivity contribution in [3.63, 3.8) is 0 Å². The second-order valence-corrected chi connectivity index (χ2v) is 4.63. The van der Waals surface area contributed by atoms with E-state index in [4.69, 9.17) is 0 Å². The minimum atomic E-state index is -0.788. The first-order chi connectivity index (χ1) is 7.85. The Balaban J connectivity index is 2.75. The molecule has 0 aliphatic rings. The third-order valence-electron chi connectivity index (χ3n) is 2.86. The molecule has 1 aromatic rings. The quantitative estimate of drug-likeness (QED) is 0.635. The van der Waals surface area contributed by atoms with Crippen LogP contribution in [0.1, 0.15) is 32.8 Å². The van der Waals surface area contributed by atoms with Crippen molar-refractivity contribution in [1.29, 1.82) is 0 Å². The maximum absolute atomic E-state index is 13.3. The van der Waals surface area contributed by atoms with E-state index in [-0.39, 0.29) is 5.54 Å². The number of hydrogen-bond acceptors (Lipinski definition) is 3. The second kappa shape index (κ2) is 5.23. The topological polar surface area (TPSA) is 55.2 Å². The molecular weight excluding hydrogens is 223 g/mol. The molecule has 1 aromatic carbocycles. The monoisotopic (exact) mass is 240 g/mol. The second-order valence-electron chi connectivity index (χ2n) is 4.63. The highest BCUT2D eigenvalue weighted by Gasteiger charge is 2.16. The molecule has 0 saturated carbocycles. The van der Waals surface area contributed by atoms with Crippen LogP contribution in [0, 0.1) is 15.9 Å². The van der Waals surface area contributed by atoms with E-state index in [0.717, 1.165) is 6.42 Å². The van der Waals surface area contributed by atoms with Crippen molar-refractivity contribution in [2.75, 3.05) is 0 Å². The Kier molecular flexibility index (Phi) is 4.17. The predicted molar refractivity (Wildman–Crippen MR) is 64.3 cm³/mol. The van der Waals surface area contributed by atoms with E-state index in [2.05, 4.69) is 26.1 Å². The van der Waals surface area contributed by atoms with Crippen LogP contribution in [0.5, 0.6) is 0 Å². The first kappa shape index (κ1) is 13.6. The Morgan fingerprint density at radius 2 is 2.12 bits per heavy atom. The first-order valence-electron chi connectivity index (χ1n) is 5.53. The van der Waals surface area contributed by atoms with Crippen molar-refractivity contribution in [2.45, 2.75) is 39.3 Å². The number of nitro groups is 1. The molecular formula is C12H17FN2O2. The van der Waals surface area contributed by atoms with Gasteiger partial charge in [-0.15, -0.1) is 0 Å². The molecule has 1 N–H and O–H groups in total. The molecule has 0 aliphatic carbocycles. The molecule has 0 atom stereocenters. The number of benzene rings is 1. The van der Waals surface area contributed by atoms with Crippen LogP contribution in [0.4, 0.5) is 10.1 Å². The molecule has 94 valence electrons. The smallest absolute Gasteiger partial charge is 0.304 e. The maximum atomic E-state index is 13.3. The van der Waals surface area contributed by atoms with Gasteiger partial charge in [-0.2, -0.15) is 4.39 Å². The van der Waals surface area contributed by atoms with Crippen LogP contribution < -0.4 is 5.32 Å². The summed E-state index contributed by atoms with van der Waals surface area (Å²) in [5.41, 5.74) is 0.191. The fraction of sp³-hybridized carbons (Fsp3) is 0.500. The van der Waals surface area contributed by atoms with Gasteiger partial charge in [0.25, 0.3) is 0 Å². The van der Waals surface area contributed by atoms with Gasteiger partial charge in [0.15, 0.2) is 0 Å². The van der Waals surface area contributed by atoms with Crippen LogP contribution in [0.15, 0.2) is 18.2 Å². The van der Waals surface area contributed by atoms with Crippen molar-refractivity contribution >= 4 is 5.69 Å². The van der Waals surface area contributed by atoms with Crippen molar-refractivity contribution in [1.82, 2.24) is 5.32 Å². The zero-order valence-corrected chi connectivity index (χ0v) is 10.3. The molecule has 1 rings (SSSR count). The molecule has 0 aromatic heterocycles. The SMILES string of the molecule is CCC(C)(C)NCc1ccc([N+](=O)[O-])c(F)c1. The van der Waals surface area contributed by atoms with E-state index in [9.17, 15) is 14.5 Å². The van der Waals surface area contributed by atoms with Crippen LogP contribution in [0.3, 0.4) is 0 Å². The molecule has 0 fully saturated rings.